The second-order valence-electron chi connectivity index (χ2n) is 7.23. The van der Waals surface area contributed by atoms with Crippen molar-refractivity contribution >= 4 is 17.7 Å². The van der Waals surface area contributed by atoms with Crippen LogP contribution in [-0.2, 0) is 17.9 Å². The minimum absolute atomic E-state index is 0.00840. The predicted molar refractivity (Wildman–Crippen MR) is 114 cm³/mol. The molecule has 2 aromatic carbocycles. The smallest absolute Gasteiger partial charge is 0.230 e. The molecule has 0 aliphatic rings. The van der Waals surface area contributed by atoms with Gasteiger partial charge in [-0.15, -0.1) is 10.2 Å². The number of nitrogens with one attached hydrogen (secondary N) is 1. The molecule has 0 aliphatic carbocycles. The molecule has 0 aliphatic heterocycles. The third-order valence-corrected chi connectivity index (χ3v) is 5.21. The highest BCUT2D eigenvalue weighted by Crippen LogP contribution is 2.25. The van der Waals surface area contributed by atoms with Crippen LogP contribution in [0.25, 0.3) is 11.4 Å². The van der Waals surface area contributed by atoms with E-state index in [-0.39, 0.29) is 5.91 Å². The Bertz CT molecular complexity index is 904. The fourth-order valence-electron chi connectivity index (χ4n) is 2.81. The molecule has 1 amide bonds. The maximum absolute atomic E-state index is 12.3. The molecule has 0 unspecified atom stereocenters. The van der Waals surface area contributed by atoms with Gasteiger partial charge in [0, 0.05) is 18.7 Å². The van der Waals surface area contributed by atoms with Crippen LogP contribution in [0.3, 0.4) is 0 Å². The number of hydrogen-bond acceptors (Lipinski definition) is 4. The van der Waals surface area contributed by atoms with E-state index in [1.54, 1.807) is 0 Å². The summed E-state index contributed by atoms with van der Waals surface area (Å²) < 4.78 is 2.11. The van der Waals surface area contributed by atoms with Crippen molar-refractivity contribution in [1.29, 1.82) is 0 Å². The van der Waals surface area contributed by atoms with E-state index in [1.165, 1.54) is 17.3 Å². The second kappa shape index (κ2) is 9.55. The quantitative estimate of drug-likeness (QED) is 0.578. The maximum atomic E-state index is 12.3. The van der Waals surface area contributed by atoms with E-state index in [0.29, 0.717) is 18.2 Å². The molecule has 0 saturated heterocycles. The Morgan fingerprint density at radius 3 is 2.46 bits per heavy atom. The van der Waals surface area contributed by atoms with Gasteiger partial charge < -0.3 is 9.88 Å². The summed E-state index contributed by atoms with van der Waals surface area (Å²) >= 11 is 1.43. The summed E-state index contributed by atoms with van der Waals surface area (Å²) in [6.45, 7) is 7.73. The lowest BCUT2D eigenvalue weighted by Gasteiger charge is -2.12. The highest BCUT2D eigenvalue weighted by atomic mass is 32.2. The number of rotatable bonds is 8. The van der Waals surface area contributed by atoms with Crippen LogP contribution in [0, 0.1) is 12.8 Å². The summed E-state index contributed by atoms with van der Waals surface area (Å²) in [5, 5.41) is 12.5. The number of aromatic nitrogens is 3. The molecule has 0 atom stereocenters. The Hall–Kier alpha value is -2.60. The van der Waals surface area contributed by atoms with E-state index >= 15 is 0 Å². The summed E-state index contributed by atoms with van der Waals surface area (Å²) in [6, 6.07) is 18.2. The van der Waals surface area contributed by atoms with Crippen LogP contribution < -0.4 is 5.32 Å². The van der Waals surface area contributed by atoms with Crippen molar-refractivity contribution in [2.45, 2.75) is 39.0 Å². The van der Waals surface area contributed by atoms with Crippen LogP contribution in [-0.4, -0.2) is 26.4 Å². The van der Waals surface area contributed by atoms with Crippen LogP contribution in [0.15, 0.2) is 59.8 Å². The van der Waals surface area contributed by atoms with E-state index < -0.39 is 0 Å². The zero-order valence-electron chi connectivity index (χ0n) is 16.6. The van der Waals surface area contributed by atoms with Crippen molar-refractivity contribution in [3.63, 3.8) is 0 Å². The average Bonchev–Trinajstić information content (AvgIpc) is 3.08. The van der Waals surface area contributed by atoms with Crippen molar-refractivity contribution < 1.29 is 4.79 Å². The molecule has 1 heterocycles. The summed E-state index contributed by atoms with van der Waals surface area (Å²) in [4.78, 5) is 12.3. The van der Waals surface area contributed by atoms with Crippen LogP contribution in [0.2, 0.25) is 0 Å². The molecule has 3 aromatic rings. The normalized spacial score (nSPS) is 11.0. The number of thioether (sulfide) groups is 1. The molecular weight excluding hydrogens is 368 g/mol. The summed E-state index contributed by atoms with van der Waals surface area (Å²) in [7, 11) is 0. The Labute approximate surface area is 170 Å². The van der Waals surface area contributed by atoms with Gasteiger partial charge in [-0.3, -0.25) is 4.79 Å². The van der Waals surface area contributed by atoms with Gasteiger partial charge in [0.25, 0.3) is 0 Å². The molecule has 0 bridgehead atoms. The molecule has 0 fully saturated rings. The number of amides is 1. The van der Waals surface area contributed by atoms with E-state index in [0.717, 1.165) is 28.7 Å². The molecule has 146 valence electrons. The molecule has 1 aromatic heterocycles. The standard InChI is InChI=1S/C22H26N4OS/c1-16(2)14-26-21(19-7-5-4-6-8-19)24-25-22(26)28-15-20(27)23-13-18-11-9-17(3)10-12-18/h4-12,16H,13-15H2,1-3H3,(H,23,27). The molecule has 5 nitrogen and oxygen atoms in total. The third-order valence-electron chi connectivity index (χ3n) is 4.24. The fourth-order valence-corrected chi connectivity index (χ4v) is 3.59. The molecule has 0 saturated carbocycles. The molecule has 0 spiro atoms. The SMILES string of the molecule is Cc1ccc(CNC(=O)CSc2nnc(-c3ccccc3)n2CC(C)C)cc1. The highest BCUT2D eigenvalue weighted by molar-refractivity contribution is 7.99. The van der Waals surface area contributed by atoms with E-state index in [4.69, 9.17) is 0 Å². The van der Waals surface area contributed by atoms with E-state index in [1.807, 2.05) is 42.5 Å². The number of hydrogen-bond donors (Lipinski definition) is 1. The van der Waals surface area contributed by atoms with Gasteiger partial charge in [0.15, 0.2) is 11.0 Å². The number of aryl methyl sites for hydroxylation is 1. The van der Waals surface area contributed by atoms with Gasteiger partial charge >= 0.3 is 0 Å². The van der Waals surface area contributed by atoms with Gasteiger partial charge in [0.05, 0.1) is 5.75 Å². The van der Waals surface area contributed by atoms with Crippen molar-refractivity contribution in [2.24, 2.45) is 5.92 Å². The van der Waals surface area contributed by atoms with Crippen LogP contribution in [0.4, 0.5) is 0 Å². The highest BCUT2D eigenvalue weighted by Gasteiger charge is 2.16. The third kappa shape index (κ3) is 5.45. The van der Waals surface area contributed by atoms with Gasteiger partial charge in [-0.2, -0.15) is 0 Å². The Morgan fingerprint density at radius 2 is 1.79 bits per heavy atom. The lowest BCUT2D eigenvalue weighted by molar-refractivity contribution is -0.118. The van der Waals surface area contributed by atoms with Gasteiger partial charge in [-0.25, -0.2) is 0 Å². The number of benzene rings is 2. The zero-order chi connectivity index (χ0) is 19.9. The van der Waals surface area contributed by atoms with Gasteiger partial charge in [0.2, 0.25) is 5.91 Å². The van der Waals surface area contributed by atoms with E-state index in [9.17, 15) is 4.79 Å². The summed E-state index contributed by atoms with van der Waals surface area (Å²) in [5.41, 5.74) is 3.34. The minimum Gasteiger partial charge on any atom is -0.351 e. The number of nitrogens with zero attached hydrogens (tertiary/aromatic N) is 3. The molecule has 3 rings (SSSR count). The first-order valence-corrected chi connectivity index (χ1v) is 10.4. The largest absolute Gasteiger partial charge is 0.351 e. The van der Waals surface area contributed by atoms with Gasteiger partial charge in [0.1, 0.15) is 0 Å². The van der Waals surface area contributed by atoms with Crippen LogP contribution in [0.5, 0.6) is 0 Å². The second-order valence-corrected chi connectivity index (χ2v) is 8.17. The van der Waals surface area contributed by atoms with Crippen molar-refractivity contribution in [1.82, 2.24) is 20.1 Å². The first-order valence-electron chi connectivity index (χ1n) is 9.46. The first-order chi connectivity index (χ1) is 13.5. The Balaban J connectivity index is 1.64. The van der Waals surface area contributed by atoms with E-state index in [2.05, 4.69) is 53.0 Å². The summed E-state index contributed by atoms with van der Waals surface area (Å²) in [6.07, 6.45) is 0. The predicted octanol–water partition coefficient (Wildman–Crippen LogP) is 4.32. The van der Waals surface area contributed by atoms with Crippen molar-refractivity contribution in [3.05, 3.63) is 65.7 Å². The topological polar surface area (TPSA) is 59.8 Å². The Morgan fingerprint density at radius 1 is 1.07 bits per heavy atom. The van der Waals surface area contributed by atoms with Gasteiger partial charge in [-0.1, -0.05) is 85.8 Å². The average molecular weight is 395 g/mol. The van der Waals surface area contributed by atoms with Gasteiger partial charge in [-0.05, 0) is 18.4 Å². The van der Waals surface area contributed by atoms with Crippen molar-refractivity contribution in [2.75, 3.05) is 5.75 Å². The number of carbonyl (C=O) groups is 1. The lowest BCUT2D eigenvalue weighted by Crippen LogP contribution is -2.24. The van der Waals surface area contributed by atoms with Crippen LogP contribution in [0.1, 0.15) is 25.0 Å². The molecule has 6 heteroatoms. The monoisotopic (exact) mass is 394 g/mol. The number of carbonyl (C=O) groups excluding carboxylic acids is 1. The van der Waals surface area contributed by atoms with Crippen molar-refractivity contribution in [3.8, 4) is 11.4 Å². The Kier molecular flexibility index (Phi) is 6.87. The molecular formula is C22H26N4OS. The van der Waals surface area contributed by atoms with Crippen LogP contribution >= 0.6 is 11.8 Å². The molecule has 1 N–H and O–H groups in total. The minimum atomic E-state index is -0.00840. The maximum Gasteiger partial charge on any atom is 0.230 e. The molecule has 0 radical (unpaired) electrons. The molecule has 28 heavy (non-hydrogen) atoms. The fraction of sp³-hybridized carbons (Fsp3) is 0.318. The summed E-state index contributed by atoms with van der Waals surface area (Å²) in [5.74, 6) is 1.60. The zero-order valence-corrected chi connectivity index (χ0v) is 17.4. The lowest BCUT2D eigenvalue weighted by atomic mass is 10.1. The first kappa shape index (κ1) is 20.1.